The lowest BCUT2D eigenvalue weighted by molar-refractivity contribution is -0.113. The molecule has 1 heterocycles. The van der Waals surface area contributed by atoms with Crippen LogP contribution in [0.1, 0.15) is 0 Å². The number of nitrogens with zero attached hydrogens (tertiary/aromatic N) is 3. The summed E-state index contributed by atoms with van der Waals surface area (Å²) in [4.78, 5) is 12.1. The lowest BCUT2D eigenvalue weighted by Gasteiger charge is -2.10. The molecule has 0 saturated heterocycles. The maximum Gasteiger partial charge on any atom is 0.234 e. The van der Waals surface area contributed by atoms with Crippen molar-refractivity contribution in [2.24, 2.45) is 7.05 Å². The molecule has 0 radical (unpaired) electrons. The van der Waals surface area contributed by atoms with Gasteiger partial charge in [0.15, 0.2) is 5.16 Å². The molecule has 0 atom stereocenters. The van der Waals surface area contributed by atoms with Gasteiger partial charge in [-0.15, -0.1) is 10.2 Å². The number of nitrogens with two attached hydrogens (primary N) is 1. The third kappa shape index (κ3) is 4.57. The molecule has 0 saturated carbocycles. The molecule has 0 aliphatic carbocycles. The second kappa shape index (κ2) is 7.63. The van der Waals surface area contributed by atoms with E-state index in [1.54, 1.807) is 11.6 Å². The largest absolute Gasteiger partial charge is 0.368 e. The molecule has 21 heavy (non-hydrogen) atoms. The summed E-state index contributed by atoms with van der Waals surface area (Å²) >= 11 is 8.00. The van der Waals surface area contributed by atoms with E-state index >= 15 is 0 Å². The molecule has 2 aromatic rings. The number of anilines is 2. The molecule has 6 nitrogen and oxygen atoms in total. The lowest BCUT2D eigenvalue weighted by atomic mass is 10.3. The SMILES string of the molecule is Cn1c(N)nnc1SCC(=O)Nc1c(I)cc(I)cc1I. The molecule has 0 aliphatic rings. The summed E-state index contributed by atoms with van der Waals surface area (Å²) in [6, 6.07) is 4.05. The van der Waals surface area contributed by atoms with Gasteiger partial charge in [-0.25, -0.2) is 0 Å². The summed E-state index contributed by atoms with van der Waals surface area (Å²) in [6.45, 7) is 0. The summed E-state index contributed by atoms with van der Waals surface area (Å²) < 4.78 is 4.83. The van der Waals surface area contributed by atoms with Crippen LogP contribution in [0.5, 0.6) is 0 Å². The number of halogens is 3. The molecule has 0 spiro atoms. The van der Waals surface area contributed by atoms with Crippen molar-refractivity contribution in [1.29, 1.82) is 0 Å². The predicted molar refractivity (Wildman–Crippen MR) is 109 cm³/mol. The zero-order valence-corrected chi connectivity index (χ0v) is 18.0. The number of carbonyl (C=O) groups excluding carboxylic acids is 1. The Morgan fingerprint density at radius 1 is 1.33 bits per heavy atom. The highest BCUT2D eigenvalue weighted by Gasteiger charge is 2.13. The van der Waals surface area contributed by atoms with Crippen LogP contribution in [-0.4, -0.2) is 26.4 Å². The topological polar surface area (TPSA) is 85.8 Å². The number of nitrogens with one attached hydrogen (secondary N) is 1. The minimum absolute atomic E-state index is 0.0846. The Labute approximate surface area is 166 Å². The Bertz CT molecular complexity index is 667. The molecule has 2 rings (SSSR count). The molecule has 1 aromatic carbocycles. The van der Waals surface area contributed by atoms with E-state index < -0.39 is 0 Å². The normalized spacial score (nSPS) is 10.7. The van der Waals surface area contributed by atoms with Gasteiger partial charge in [-0.1, -0.05) is 11.8 Å². The first-order valence-corrected chi connectivity index (χ1v) is 9.82. The number of hydrogen-bond acceptors (Lipinski definition) is 5. The van der Waals surface area contributed by atoms with E-state index in [1.807, 2.05) is 12.1 Å². The van der Waals surface area contributed by atoms with Crippen molar-refractivity contribution < 1.29 is 4.79 Å². The molecule has 10 heteroatoms. The smallest absolute Gasteiger partial charge is 0.234 e. The van der Waals surface area contributed by atoms with E-state index in [0.29, 0.717) is 11.1 Å². The number of hydrogen-bond donors (Lipinski definition) is 2. The van der Waals surface area contributed by atoms with E-state index in [4.69, 9.17) is 5.73 Å². The highest BCUT2D eigenvalue weighted by atomic mass is 127. The minimum Gasteiger partial charge on any atom is -0.368 e. The maximum atomic E-state index is 12.1. The zero-order chi connectivity index (χ0) is 15.6. The van der Waals surface area contributed by atoms with Gasteiger partial charge in [-0.2, -0.15) is 0 Å². The summed E-state index contributed by atoms with van der Waals surface area (Å²) in [7, 11) is 1.76. The number of aromatic nitrogens is 3. The van der Waals surface area contributed by atoms with Crippen molar-refractivity contribution in [2.45, 2.75) is 5.16 Å². The van der Waals surface area contributed by atoms with Gasteiger partial charge in [-0.3, -0.25) is 9.36 Å². The first-order chi connectivity index (χ1) is 9.88. The van der Waals surface area contributed by atoms with Gasteiger partial charge in [0.25, 0.3) is 0 Å². The number of thioether (sulfide) groups is 1. The Balaban J connectivity index is 2.01. The van der Waals surface area contributed by atoms with Gasteiger partial charge in [0, 0.05) is 17.8 Å². The highest BCUT2D eigenvalue weighted by molar-refractivity contribution is 14.1. The van der Waals surface area contributed by atoms with Crippen LogP contribution in [0, 0.1) is 10.7 Å². The number of nitrogen functional groups attached to an aromatic ring is 1. The fourth-order valence-electron chi connectivity index (χ4n) is 1.42. The van der Waals surface area contributed by atoms with Crippen molar-refractivity contribution in [1.82, 2.24) is 14.8 Å². The van der Waals surface area contributed by atoms with Gasteiger partial charge in [0.2, 0.25) is 11.9 Å². The molecule has 0 aliphatic heterocycles. The van der Waals surface area contributed by atoms with Crippen molar-refractivity contribution in [3.63, 3.8) is 0 Å². The van der Waals surface area contributed by atoms with Crippen molar-refractivity contribution >= 4 is 97.1 Å². The number of amides is 1. The zero-order valence-electron chi connectivity index (χ0n) is 10.7. The lowest BCUT2D eigenvalue weighted by Crippen LogP contribution is -2.16. The second-order valence-corrected chi connectivity index (χ2v) is 8.49. The van der Waals surface area contributed by atoms with Crippen LogP contribution in [0.25, 0.3) is 0 Å². The van der Waals surface area contributed by atoms with Crippen molar-refractivity contribution in [3.8, 4) is 0 Å². The predicted octanol–water partition coefficient (Wildman–Crippen LogP) is 2.94. The minimum atomic E-state index is -0.0846. The summed E-state index contributed by atoms with van der Waals surface area (Å²) in [5, 5.41) is 11.2. The van der Waals surface area contributed by atoms with E-state index in [2.05, 4.69) is 83.3 Å². The molecule has 0 fully saturated rings. The standard InChI is InChI=1S/C11H10I3N5OS/c1-19-10(15)17-18-11(19)21-4-8(20)16-9-6(13)2-5(12)3-7(9)14/h2-3H,4H2,1H3,(H2,15,17)(H,16,20). The molecule has 1 amide bonds. The average molecular weight is 641 g/mol. The molecular formula is C11H10I3N5OS. The van der Waals surface area contributed by atoms with Crippen LogP contribution in [0.4, 0.5) is 11.6 Å². The van der Waals surface area contributed by atoms with Gasteiger partial charge in [0.05, 0.1) is 11.4 Å². The monoisotopic (exact) mass is 641 g/mol. The molecule has 0 unspecified atom stereocenters. The number of benzene rings is 1. The fraction of sp³-hybridized carbons (Fsp3) is 0.182. The van der Waals surface area contributed by atoms with Gasteiger partial charge >= 0.3 is 0 Å². The van der Waals surface area contributed by atoms with Crippen LogP contribution in [0.15, 0.2) is 17.3 Å². The van der Waals surface area contributed by atoms with E-state index in [1.165, 1.54) is 11.8 Å². The number of carbonyl (C=O) groups is 1. The average Bonchev–Trinajstić information content (AvgIpc) is 2.72. The molecule has 1 aromatic heterocycles. The van der Waals surface area contributed by atoms with E-state index in [9.17, 15) is 4.79 Å². The first-order valence-electron chi connectivity index (χ1n) is 5.60. The van der Waals surface area contributed by atoms with Crippen molar-refractivity contribution in [3.05, 3.63) is 22.8 Å². The van der Waals surface area contributed by atoms with Gasteiger partial charge in [0.1, 0.15) is 0 Å². The summed E-state index contributed by atoms with van der Waals surface area (Å²) in [5.41, 5.74) is 6.44. The Hall–Kier alpha value is 0.170. The highest BCUT2D eigenvalue weighted by Crippen LogP contribution is 2.27. The van der Waals surface area contributed by atoms with Crippen LogP contribution in [0.2, 0.25) is 0 Å². The third-order valence-corrected chi connectivity index (χ3v) is 5.82. The van der Waals surface area contributed by atoms with E-state index in [-0.39, 0.29) is 11.7 Å². The fourth-order valence-corrected chi connectivity index (χ4v) is 5.99. The van der Waals surface area contributed by atoms with Crippen LogP contribution >= 0.6 is 79.5 Å². The van der Waals surface area contributed by atoms with Gasteiger partial charge in [-0.05, 0) is 79.9 Å². The molecule has 0 bridgehead atoms. The molecule has 3 N–H and O–H groups in total. The van der Waals surface area contributed by atoms with Crippen molar-refractivity contribution in [2.75, 3.05) is 16.8 Å². The maximum absolute atomic E-state index is 12.1. The van der Waals surface area contributed by atoms with E-state index in [0.717, 1.165) is 16.4 Å². The molecule has 112 valence electrons. The van der Waals surface area contributed by atoms with Crippen LogP contribution in [0.3, 0.4) is 0 Å². The second-order valence-electron chi connectivity index (χ2n) is 3.98. The summed E-state index contributed by atoms with van der Waals surface area (Å²) in [6.07, 6.45) is 0. The first kappa shape index (κ1) is 17.5. The Kier molecular flexibility index (Phi) is 6.37. The summed E-state index contributed by atoms with van der Waals surface area (Å²) in [5.74, 6) is 0.502. The number of rotatable bonds is 4. The van der Waals surface area contributed by atoms with Crippen LogP contribution < -0.4 is 11.1 Å². The Morgan fingerprint density at radius 3 is 2.48 bits per heavy atom. The Morgan fingerprint density at radius 2 is 1.95 bits per heavy atom. The van der Waals surface area contributed by atoms with Gasteiger partial charge < -0.3 is 11.1 Å². The van der Waals surface area contributed by atoms with Crippen LogP contribution in [-0.2, 0) is 11.8 Å². The third-order valence-electron chi connectivity index (χ3n) is 2.47. The quantitative estimate of drug-likeness (QED) is 0.397. The molecular weight excluding hydrogens is 631 g/mol.